The van der Waals surface area contributed by atoms with Gasteiger partial charge in [-0.3, -0.25) is 19.7 Å². The molecule has 166 valence electrons. The SMILES string of the molecule is COc1ccc(OC)c([C@H]2CC(=O)C3=C(C2)NC(=O)C[C@H]3c2ccc(Cl)c([N+](=O)[O-])c2)c1. The fourth-order valence-electron chi connectivity index (χ4n) is 4.51. The molecule has 1 aliphatic carbocycles. The number of hydrogen-bond donors (Lipinski definition) is 1. The number of hydrogen-bond acceptors (Lipinski definition) is 6. The number of ether oxygens (including phenoxy) is 2. The smallest absolute Gasteiger partial charge is 0.288 e. The molecule has 0 saturated carbocycles. The number of benzene rings is 2. The number of nitro groups is 1. The second-order valence-corrected chi connectivity index (χ2v) is 8.21. The summed E-state index contributed by atoms with van der Waals surface area (Å²) in [6.07, 6.45) is 0.698. The summed E-state index contributed by atoms with van der Waals surface area (Å²) in [6.45, 7) is 0. The van der Waals surface area contributed by atoms with Gasteiger partial charge in [-0.2, -0.15) is 0 Å². The van der Waals surface area contributed by atoms with E-state index in [1.807, 2.05) is 6.07 Å². The Bertz CT molecular complexity index is 1160. The van der Waals surface area contributed by atoms with Gasteiger partial charge in [0.05, 0.1) is 19.1 Å². The third-order valence-corrected chi connectivity index (χ3v) is 6.30. The first kappa shape index (κ1) is 21.8. The Morgan fingerprint density at radius 3 is 2.53 bits per heavy atom. The molecule has 8 nitrogen and oxygen atoms in total. The van der Waals surface area contributed by atoms with Crippen molar-refractivity contribution in [3.63, 3.8) is 0 Å². The summed E-state index contributed by atoms with van der Waals surface area (Å²) in [4.78, 5) is 36.6. The fourth-order valence-corrected chi connectivity index (χ4v) is 4.70. The monoisotopic (exact) mass is 456 g/mol. The highest BCUT2D eigenvalue weighted by Gasteiger charge is 2.39. The Morgan fingerprint density at radius 2 is 1.84 bits per heavy atom. The standard InChI is InChI=1S/C23H21ClN2O6/c1-31-14-4-6-21(32-2)15(10-14)13-7-18-23(20(27)9-13)16(11-22(28)25-18)12-3-5-17(24)19(8-12)26(29)30/h3-6,8,10,13,16H,7,9,11H2,1-2H3,(H,25,28)/t13-,16+/m1/s1. The molecule has 0 unspecified atom stereocenters. The van der Waals surface area contributed by atoms with Gasteiger partial charge < -0.3 is 14.8 Å². The highest BCUT2D eigenvalue weighted by molar-refractivity contribution is 6.32. The number of rotatable bonds is 5. The maximum atomic E-state index is 13.3. The molecular formula is C23H21ClN2O6. The third kappa shape index (κ3) is 3.93. The number of nitrogens with one attached hydrogen (secondary N) is 1. The summed E-state index contributed by atoms with van der Waals surface area (Å²) in [6, 6.07) is 9.82. The number of methoxy groups -OCH3 is 2. The molecule has 0 radical (unpaired) electrons. The predicted molar refractivity (Wildman–Crippen MR) is 117 cm³/mol. The molecule has 2 aromatic carbocycles. The van der Waals surface area contributed by atoms with Crippen LogP contribution in [-0.4, -0.2) is 30.8 Å². The summed E-state index contributed by atoms with van der Waals surface area (Å²) in [5.74, 6) is 0.174. The van der Waals surface area contributed by atoms with Crippen molar-refractivity contribution in [1.82, 2.24) is 5.32 Å². The van der Waals surface area contributed by atoms with Crippen molar-refractivity contribution in [2.24, 2.45) is 0 Å². The molecule has 1 N–H and O–H groups in total. The van der Waals surface area contributed by atoms with Crippen LogP contribution in [0.2, 0.25) is 5.02 Å². The van der Waals surface area contributed by atoms with Crippen molar-refractivity contribution in [2.75, 3.05) is 14.2 Å². The minimum absolute atomic E-state index is 0.00775. The highest BCUT2D eigenvalue weighted by atomic mass is 35.5. The first-order chi connectivity index (χ1) is 15.3. The number of carbonyl (C=O) groups is 2. The lowest BCUT2D eigenvalue weighted by Gasteiger charge is -2.34. The van der Waals surface area contributed by atoms with Gasteiger partial charge in [-0.15, -0.1) is 0 Å². The number of nitro benzene ring substituents is 1. The topological polar surface area (TPSA) is 108 Å². The van der Waals surface area contributed by atoms with E-state index in [9.17, 15) is 19.7 Å². The van der Waals surface area contributed by atoms with Crippen molar-refractivity contribution in [1.29, 1.82) is 0 Å². The quantitative estimate of drug-likeness (QED) is 0.531. The molecule has 9 heteroatoms. The van der Waals surface area contributed by atoms with Crippen LogP contribution >= 0.6 is 11.6 Å². The Balaban J connectivity index is 1.75. The molecule has 32 heavy (non-hydrogen) atoms. The van der Waals surface area contributed by atoms with Gasteiger partial charge in [-0.25, -0.2) is 0 Å². The van der Waals surface area contributed by atoms with Gasteiger partial charge in [0, 0.05) is 47.6 Å². The van der Waals surface area contributed by atoms with Crippen molar-refractivity contribution < 1.29 is 24.0 Å². The molecule has 0 fully saturated rings. The Kier molecular flexibility index (Phi) is 5.88. The Hall–Kier alpha value is -3.39. The van der Waals surface area contributed by atoms with Crippen LogP contribution in [0, 0.1) is 10.1 Å². The molecule has 0 spiro atoms. The van der Waals surface area contributed by atoms with E-state index in [1.165, 1.54) is 12.1 Å². The van der Waals surface area contributed by atoms with E-state index in [-0.39, 0.29) is 41.2 Å². The molecule has 2 atom stereocenters. The first-order valence-corrected chi connectivity index (χ1v) is 10.4. The lowest BCUT2D eigenvalue weighted by molar-refractivity contribution is -0.384. The molecule has 2 aromatic rings. The highest BCUT2D eigenvalue weighted by Crippen LogP contribution is 2.45. The molecule has 1 amide bonds. The summed E-state index contributed by atoms with van der Waals surface area (Å²) in [5, 5.41) is 14.2. The van der Waals surface area contributed by atoms with Crippen molar-refractivity contribution in [2.45, 2.75) is 31.1 Å². The van der Waals surface area contributed by atoms with Crippen LogP contribution in [-0.2, 0) is 9.59 Å². The van der Waals surface area contributed by atoms with Crippen LogP contribution in [0.15, 0.2) is 47.7 Å². The molecule has 1 heterocycles. The number of carbonyl (C=O) groups excluding carboxylic acids is 2. The lowest BCUT2D eigenvalue weighted by Crippen LogP contribution is -2.38. The molecular weight excluding hydrogens is 436 g/mol. The van der Waals surface area contributed by atoms with Crippen molar-refractivity contribution >= 4 is 29.0 Å². The van der Waals surface area contributed by atoms with Crippen LogP contribution in [0.1, 0.15) is 42.2 Å². The average Bonchev–Trinajstić information content (AvgIpc) is 2.77. The second kappa shape index (κ2) is 8.63. The second-order valence-electron chi connectivity index (χ2n) is 7.80. The molecule has 0 saturated heterocycles. The fraction of sp³-hybridized carbons (Fsp3) is 0.304. The maximum absolute atomic E-state index is 13.3. The zero-order valence-electron chi connectivity index (χ0n) is 17.5. The van der Waals surface area contributed by atoms with Crippen molar-refractivity contribution in [3.05, 3.63) is 73.9 Å². The van der Waals surface area contributed by atoms with Crippen molar-refractivity contribution in [3.8, 4) is 11.5 Å². The first-order valence-electron chi connectivity index (χ1n) is 10.0. The zero-order valence-corrected chi connectivity index (χ0v) is 18.3. The van der Waals surface area contributed by atoms with Crippen LogP contribution in [0.4, 0.5) is 5.69 Å². The molecule has 2 aliphatic rings. The molecule has 4 rings (SSSR count). The maximum Gasteiger partial charge on any atom is 0.288 e. The average molecular weight is 457 g/mol. The number of halogens is 1. The van der Waals surface area contributed by atoms with Crippen LogP contribution in [0.3, 0.4) is 0 Å². The minimum atomic E-state index is -0.572. The van der Waals surface area contributed by atoms with Crippen LogP contribution in [0.25, 0.3) is 0 Å². The number of ketones is 1. The molecule has 1 aliphatic heterocycles. The van der Waals surface area contributed by atoms with Gasteiger partial charge in [0.2, 0.25) is 5.91 Å². The van der Waals surface area contributed by atoms with Gasteiger partial charge in [0.25, 0.3) is 5.69 Å². The van der Waals surface area contributed by atoms with E-state index < -0.39 is 10.8 Å². The van der Waals surface area contributed by atoms with Gasteiger partial charge in [-0.1, -0.05) is 17.7 Å². The summed E-state index contributed by atoms with van der Waals surface area (Å²) in [5.41, 5.74) is 2.15. The van der Waals surface area contributed by atoms with Crippen LogP contribution < -0.4 is 14.8 Å². The van der Waals surface area contributed by atoms with E-state index in [1.54, 1.807) is 32.4 Å². The predicted octanol–water partition coefficient (Wildman–Crippen LogP) is 4.27. The normalized spacial score (nSPS) is 20.5. The van der Waals surface area contributed by atoms with Gasteiger partial charge in [0.15, 0.2) is 5.78 Å². The Labute approximate surface area is 189 Å². The molecule has 0 aromatic heterocycles. The van der Waals surface area contributed by atoms with E-state index in [0.717, 1.165) is 5.56 Å². The molecule has 0 bridgehead atoms. The summed E-state index contributed by atoms with van der Waals surface area (Å²) in [7, 11) is 3.13. The van der Waals surface area contributed by atoms with Crippen LogP contribution in [0.5, 0.6) is 11.5 Å². The lowest BCUT2D eigenvalue weighted by atomic mass is 9.73. The van der Waals surface area contributed by atoms with E-state index in [2.05, 4.69) is 5.32 Å². The van der Waals surface area contributed by atoms with E-state index in [4.69, 9.17) is 21.1 Å². The third-order valence-electron chi connectivity index (χ3n) is 5.98. The van der Waals surface area contributed by atoms with E-state index in [0.29, 0.717) is 34.8 Å². The summed E-state index contributed by atoms with van der Waals surface area (Å²) >= 11 is 5.94. The number of Topliss-reactive ketones (excluding diaryl/α,β-unsaturated/α-hetero) is 1. The van der Waals surface area contributed by atoms with Gasteiger partial charge in [0.1, 0.15) is 16.5 Å². The summed E-state index contributed by atoms with van der Waals surface area (Å²) < 4.78 is 10.8. The van der Waals surface area contributed by atoms with Gasteiger partial charge in [-0.05, 0) is 36.2 Å². The number of nitrogens with zero attached hydrogens (tertiary/aromatic N) is 1. The number of allylic oxidation sites excluding steroid dienone is 2. The van der Waals surface area contributed by atoms with Gasteiger partial charge >= 0.3 is 0 Å². The largest absolute Gasteiger partial charge is 0.497 e. The Morgan fingerprint density at radius 1 is 1.06 bits per heavy atom. The zero-order chi connectivity index (χ0) is 23.0. The minimum Gasteiger partial charge on any atom is -0.497 e. The number of amides is 1. The van der Waals surface area contributed by atoms with E-state index >= 15 is 0 Å².